The van der Waals surface area contributed by atoms with E-state index in [1.165, 1.54) is 11.1 Å². The number of benzene rings is 2. The number of likely N-dealkylation sites (N-methyl/N-ethyl adjacent to an activating group) is 1. The van der Waals surface area contributed by atoms with E-state index in [4.69, 9.17) is 0 Å². The Balaban J connectivity index is 1.73. The number of aromatic amines is 1. The van der Waals surface area contributed by atoms with Gasteiger partial charge in [-0.25, -0.2) is 0 Å². The second kappa shape index (κ2) is 6.89. The molecule has 4 nitrogen and oxygen atoms in total. The fourth-order valence-corrected chi connectivity index (χ4v) is 2.92. The predicted molar refractivity (Wildman–Crippen MR) is 98.2 cm³/mol. The SMILES string of the molecule is Cc1ccc2cc(C(=O)NCC(c3ccccc3)N(C)C)[nH]c2c1. The number of rotatable bonds is 5. The second-order valence-corrected chi connectivity index (χ2v) is 6.37. The minimum absolute atomic E-state index is 0.0772. The quantitative estimate of drug-likeness (QED) is 0.755. The van der Waals surface area contributed by atoms with Crippen LogP contribution in [0.5, 0.6) is 0 Å². The van der Waals surface area contributed by atoms with Gasteiger partial charge in [-0.15, -0.1) is 0 Å². The average Bonchev–Trinajstić information content (AvgIpc) is 2.98. The molecule has 1 atom stereocenters. The highest BCUT2D eigenvalue weighted by Crippen LogP contribution is 2.19. The zero-order valence-corrected chi connectivity index (χ0v) is 14.3. The molecule has 0 aliphatic rings. The summed E-state index contributed by atoms with van der Waals surface area (Å²) in [6, 6.07) is 18.4. The smallest absolute Gasteiger partial charge is 0.267 e. The minimum atomic E-state index is -0.0772. The van der Waals surface area contributed by atoms with Crippen molar-refractivity contribution >= 4 is 16.8 Å². The van der Waals surface area contributed by atoms with Gasteiger partial charge in [-0.1, -0.05) is 42.5 Å². The summed E-state index contributed by atoms with van der Waals surface area (Å²) < 4.78 is 0. The molecule has 0 fully saturated rings. The van der Waals surface area contributed by atoms with E-state index in [0.717, 1.165) is 10.9 Å². The maximum absolute atomic E-state index is 12.5. The molecule has 0 bridgehead atoms. The first-order valence-corrected chi connectivity index (χ1v) is 8.13. The Labute approximate surface area is 142 Å². The van der Waals surface area contributed by atoms with Crippen LogP contribution < -0.4 is 5.32 Å². The lowest BCUT2D eigenvalue weighted by atomic mass is 10.1. The van der Waals surface area contributed by atoms with E-state index in [2.05, 4.69) is 39.5 Å². The molecule has 2 N–H and O–H groups in total. The Morgan fingerprint density at radius 3 is 2.58 bits per heavy atom. The third-order valence-corrected chi connectivity index (χ3v) is 4.29. The highest BCUT2D eigenvalue weighted by molar-refractivity contribution is 5.98. The third kappa shape index (κ3) is 3.49. The van der Waals surface area contributed by atoms with Crippen LogP contribution in [0.3, 0.4) is 0 Å². The highest BCUT2D eigenvalue weighted by atomic mass is 16.1. The van der Waals surface area contributed by atoms with Crippen LogP contribution in [0.2, 0.25) is 0 Å². The van der Waals surface area contributed by atoms with Crippen LogP contribution >= 0.6 is 0 Å². The Morgan fingerprint density at radius 1 is 1.12 bits per heavy atom. The molecule has 0 saturated heterocycles. The number of amides is 1. The van der Waals surface area contributed by atoms with Crippen LogP contribution in [-0.4, -0.2) is 36.4 Å². The number of hydrogen-bond donors (Lipinski definition) is 2. The fraction of sp³-hybridized carbons (Fsp3) is 0.250. The Hall–Kier alpha value is -2.59. The van der Waals surface area contributed by atoms with Crippen LogP contribution in [0.4, 0.5) is 0 Å². The van der Waals surface area contributed by atoms with Gasteiger partial charge >= 0.3 is 0 Å². The first-order chi connectivity index (χ1) is 11.5. The van der Waals surface area contributed by atoms with Gasteiger partial charge in [-0.05, 0) is 44.3 Å². The van der Waals surface area contributed by atoms with Crippen molar-refractivity contribution in [3.05, 3.63) is 71.4 Å². The lowest BCUT2D eigenvalue weighted by molar-refractivity contribution is 0.0937. The molecule has 3 aromatic rings. The molecule has 0 aliphatic carbocycles. The standard InChI is InChI=1S/C20H23N3O/c1-14-9-10-16-12-18(22-17(16)11-14)20(24)21-13-19(23(2)3)15-7-5-4-6-8-15/h4-12,19,22H,13H2,1-3H3,(H,21,24). The van der Waals surface area contributed by atoms with Crippen molar-refractivity contribution in [2.75, 3.05) is 20.6 Å². The number of nitrogens with zero attached hydrogens (tertiary/aromatic N) is 1. The first kappa shape index (κ1) is 16.3. The summed E-state index contributed by atoms with van der Waals surface area (Å²) in [5.74, 6) is -0.0772. The van der Waals surface area contributed by atoms with Crippen molar-refractivity contribution in [3.63, 3.8) is 0 Å². The molecule has 0 saturated carbocycles. The summed E-state index contributed by atoms with van der Waals surface area (Å²) in [5.41, 5.74) is 3.96. The van der Waals surface area contributed by atoms with Crippen molar-refractivity contribution < 1.29 is 4.79 Å². The number of carbonyl (C=O) groups excluding carboxylic acids is 1. The fourth-order valence-electron chi connectivity index (χ4n) is 2.92. The van der Waals surface area contributed by atoms with Crippen molar-refractivity contribution in [2.24, 2.45) is 0 Å². The van der Waals surface area contributed by atoms with E-state index < -0.39 is 0 Å². The molecular formula is C20H23N3O. The molecule has 124 valence electrons. The third-order valence-electron chi connectivity index (χ3n) is 4.29. The van der Waals surface area contributed by atoms with Crippen molar-refractivity contribution in [3.8, 4) is 0 Å². The van der Waals surface area contributed by atoms with Gasteiger partial charge in [0.05, 0.1) is 6.04 Å². The largest absolute Gasteiger partial charge is 0.351 e. The van der Waals surface area contributed by atoms with Crippen molar-refractivity contribution in [1.29, 1.82) is 0 Å². The molecular weight excluding hydrogens is 298 g/mol. The number of H-pyrrole nitrogens is 1. The maximum atomic E-state index is 12.5. The van der Waals surface area contributed by atoms with E-state index in [-0.39, 0.29) is 11.9 Å². The van der Waals surface area contributed by atoms with Crippen molar-refractivity contribution in [2.45, 2.75) is 13.0 Å². The zero-order valence-electron chi connectivity index (χ0n) is 14.3. The summed E-state index contributed by atoms with van der Waals surface area (Å²) in [5, 5.41) is 4.10. The molecule has 3 rings (SSSR count). The van der Waals surface area contributed by atoms with Crippen LogP contribution in [0.15, 0.2) is 54.6 Å². The van der Waals surface area contributed by atoms with E-state index in [1.807, 2.05) is 51.4 Å². The average molecular weight is 321 g/mol. The summed E-state index contributed by atoms with van der Waals surface area (Å²) in [6.07, 6.45) is 0. The van der Waals surface area contributed by atoms with Gasteiger partial charge < -0.3 is 15.2 Å². The van der Waals surface area contributed by atoms with Crippen LogP contribution in [0.1, 0.15) is 27.7 Å². The van der Waals surface area contributed by atoms with E-state index in [9.17, 15) is 4.79 Å². The molecule has 1 heterocycles. The van der Waals surface area contributed by atoms with Crippen molar-refractivity contribution in [1.82, 2.24) is 15.2 Å². The molecule has 4 heteroatoms. The lowest BCUT2D eigenvalue weighted by Gasteiger charge is -2.25. The highest BCUT2D eigenvalue weighted by Gasteiger charge is 2.16. The number of aromatic nitrogens is 1. The molecule has 24 heavy (non-hydrogen) atoms. The maximum Gasteiger partial charge on any atom is 0.267 e. The van der Waals surface area contributed by atoms with Gasteiger partial charge in [0.15, 0.2) is 0 Å². The Bertz CT molecular complexity index is 836. The Kier molecular flexibility index (Phi) is 4.67. The predicted octanol–water partition coefficient (Wildman–Crippen LogP) is 3.51. The van der Waals surface area contributed by atoms with Crippen LogP contribution in [-0.2, 0) is 0 Å². The summed E-state index contributed by atoms with van der Waals surface area (Å²) >= 11 is 0. The van der Waals surface area contributed by atoms with Gasteiger partial charge in [-0.3, -0.25) is 4.79 Å². The van der Waals surface area contributed by atoms with Gasteiger partial charge in [0.1, 0.15) is 5.69 Å². The second-order valence-electron chi connectivity index (χ2n) is 6.37. The van der Waals surface area contributed by atoms with Crippen LogP contribution in [0, 0.1) is 6.92 Å². The number of aryl methyl sites for hydroxylation is 1. The molecule has 0 radical (unpaired) electrons. The van der Waals surface area contributed by atoms with E-state index in [0.29, 0.717) is 12.2 Å². The van der Waals surface area contributed by atoms with E-state index >= 15 is 0 Å². The number of nitrogens with one attached hydrogen (secondary N) is 2. The molecule has 0 aliphatic heterocycles. The Morgan fingerprint density at radius 2 is 1.88 bits per heavy atom. The number of carbonyl (C=O) groups is 1. The van der Waals surface area contributed by atoms with Gasteiger partial charge in [0.2, 0.25) is 0 Å². The topological polar surface area (TPSA) is 48.1 Å². The van der Waals surface area contributed by atoms with Gasteiger partial charge in [0.25, 0.3) is 5.91 Å². The number of hydrogen-bond acceptors (Lipinski definition) is 2. The normalized spacial score (nSPS) is 12.5. The summed E-state index contributed by atoms with van der Waals surface area (Å²) in [4.78, 5) is 17.8. The zero-order chi connectivity index (χ0) is 17.1. The number of fused-ring (bicyclic) bond motifs is 1. The summed E-state index contributed by atoms with van der Waals surface area (Å²) in [7, 11) is 4.05. The van der Waals surface area contributed by atoms with Gasteiger partial charge in [-0.2, -0.15) is 0 Å². The molecule has 1 unspecified atom stereocenters. The molecule has 1 aromatic heterocycles. The lowest BCUT2D eigenvalue weighted by Crippen LogP contribution is -2.34. The van der Waals surface area contributed by atoms with E-state index in [1.54, 1.807) is 0 Å². The monoisotopic (exact) mass is 321 g/mol. The molecule has 1 amide bonds. The first-order valence-electron chi connectivity index (χ1n) is 8.13. The molecule has 2 aromatic carbocycles. The minimum Gasteiger partial charge on any atom is -0.351 e. The van der Waals surface area contributed by atoms with Gasteiger partial charge in [0, 0.05) is 17.4 Å². The van der Waals surface area contributed by atoms with Crippen LogP contribution in [0.25, 0.3) is 10.9 Å². The summed E-state index contributed by atoms with van der Waals surface area (Å²) in [6.45, 7) is 2.60. The molecule has 0 spiro atoms.